The van der Waals surface area contributed by atoms with Crippen LogP contribution in [0.3, 0.4) is 0 Å². The molecule has 0 nitrogen and oxygen atoms in total. The van der Waals surface area contributed by atoms with Gasteiger partial charge in [-0.1, -0.05) is 53.7 Å². The van der Waals surface area contributed by atoms with Crippen LogP contribution in [-0.4, -0.2) is 0 Å². The standard InChI is InChI=1S/C16H25S/c1-10(2)13-8-14(11(3)4)16(17-7)15(9-13)12(5)6/h8-12H,7H2,1-6H3. The second-order valence-corrected chi connectivity index (χ2v) is 6.33. The zero-order valence-corrected chi connectivity index (χ0v) is 12.8. The van der Waals surface area contributed by atoms with E-state index in [9.17, 15) is 0 Å². The molecule has 0 N–H and O–H groups in total. The summed E-state index contributed by atoms with van der Waals surface area (Å²) in [5.74, 6) is 1.72. The van der Waals surface area contributed by atoms with E-state index in [0.29, 0.717) is 17.8 Å². The molecule has 0 aliphatic rings. The summed E-state index contributed by atoms with van der Waals surface area (Å²) < 4.78 is 0. The lowest BCUT2D eigenvalue weighted by Gasteiger charge is -2.21. The lowest BCUT2D eigenvalue weighted by atomic mass is 9.89. The highest BCUT2D eigenvalue weighted by molar-refractivity contribution is 8.00. The minimum absolute atomic E-state index is 0.565. The molecule has 0 amide bonds. The van der Waals surface area contributed by atoms with E-state index in [1.54, 1.807) is 11.8 Å². The summed E-state index contributed by atoms with van der Waals surface area (Å²) in [7, 11) is 0. The number of hydrogen-bond acceptors (Lipinski definition) is 1. The predicted octanol–water partition coefficient (Wildman–Crippen LogP) is 5.94. The van der Waals surface area contributed by atoms with Gasteiger partial charge in [0.25, 0.3) is 0 Å². The Kier molecular flexibility index (Phi) is 5.12. The van der Waals surface area contributed by atoms with Gasteiger partial charge < -0.3 is 0 Å². The van der Waals surface area contributed by atoms with Crippen LogP contribution in [0, 0.1) is 6.26 Å². The molecule has 0 atom stereocenters. The molecule has 0 aromatic heterocycles. The van der Waals surface area contributed by atoms with E-state index in [2.05, 4.69) is 59.9 Å². The van der Waals surface area contributed by atoms with E-state index in [4.69, 9.17) is 0 Å². The number of thioether (sulfide) groups is 1. The van der Waals surface area contributed by atoms with E-state index in [1.165, 1.54) is 21.6 Å². The Hall–Kier alpha value is -0.430. The first-order valence-corrected chi connectivity index (χ1v) is 7.46. The zero-order valence-electron chi connectivity index (χ0n) is 12.0. The van der Waals surface area contributed by atoms with Crippen LogP contribution in [0.15, 0.2) is 17.0 Å². The van der Waals surface area contributed by atoms with Crippen LogP contribution >= 0.6 is 11.8 Å². The Morgan fingerprint density at radius 1 is 0.824 bits per heavy atom. The van der Waals surface area contributed by atoms with Crippen molar-refractivity contribution in [2.75, 3.05) is 0 Å². The highest BCUT2D eigenvalue weighted by Crippen LogP contribution is 2.37. The molecule has 0 aliphatic carbocycles. The van der Waals surface area contributed by atoms with Crippen LogP contribution < -0.4 is 0 Å². The van der Waals surface area contributed by atoms with Gasteiger partial charge in [-0.05, 0) is 34.4 Å². The van der Waals surface area contributed by atoms with Gasteiger partial charge in [0.05, 0.1) is 0 Å². The molecule has 0 bridgehead atoms. The molecular formula is C16H25S. The minimum Gasteiger partial charge on any atom is -0.125 e. The Morgan fingerprint density at radius 2 is 1.24 bits per heavy atom. The lowest BCUT2D eigenvalue weighted by molar-refractivity contribution is 0.772. The van der Waals surface area contributed by atoms with Gasteiger partial charge in [0.2, 0.25) is 0 Å². The first kappa shape index (κ1) is 14.6. The van der Waals surface area contributed by atoms with E-state index in [0.717, 1.165) is 0 Å². The fraction of sp³-hybridized carbons (Fsp3) is 0.562. The quantitative estimate of drug-likeness (QED) is 0.595. The third kappa shape index (κ3) is 3.28. The number of benzene rings is 1. The van der Waals surface area contributed by atoms with Crippen molar-refractivity contribution < 1.29 is 0 Å². The zero-order chi connectivity index (χ0) is 13.2. The van der Waals surface area contributed by atoms with Gasteiger partial charge in [0, 0.05) is 11.2 Å². The Balaban J connectivity index is 3.46. The molecule has 1 aromatic rings. The van der Waals surface area contributed by atoms with Crippen molar-refractivity contribution in [2.24, 2.45) is 0 Å². The SMILES string of the molecule is [CH2]Sc1c(C(C)C)cc(C(C)C)cc1C(C)C. The maximum absolute atomic E-state index is 4.03. The van der Waals surface area contributed by atoms with Gasteiger partial charge in [-0.25, -0.2) is 0 Å². The minimum atomic E-state index is 0.565. The molecule has 0 unspecified atom stereocenters. The largest absolute Gasteiger partial charge is 0.125 e. The van der Waals surface area contributed by atoms with Gasteiger partial charge in [0.15, 0.2) is 0 Å². The summed E-state index contributed by atoms with van der Waals surface area (Å²) >= 11 is 1.65. The first-order valence-electron chi connectivity index (χ1n) is 6.48. The molecule has 0 heterocycles. The molecule has 0 aliphatic heterocycles. The molecule has 0 saturated heterocycles. The van der Waals surface area contributed by atoms with Crippen LogP contribution in [0.4, 0.5) is 0 Å². The number of rotatable bonds is 4. The van der Waals surface area contributed by atoms with E-state index in [-0.39, 0.29) is 0 Å². The molecule has 1 radical (unpaired) electrons. The highest BCUT2D eigenvalue weighted by Gasteiger charge is 2.16. The topological polar surface area (TPSA) is 0 Å². The fourth-order valence-corrected chi connectivity index (χ4v) is 2.98. The van der Waals surface area contributed by atoms with Gasteiger partial charge in [-0.3, -0.25) is 0 Å². The first-order chi connectivity index (χ1) is 7.88. The molecule has 0 saturated carbocycles. The maximum atomic E-state index is 4.03. The van der Waals surface area contributed by atoms with Crippen molar-refractivity contribution in [1.29, 1.82) is 0 Å². The average Bonchev–Trinajstić information content (AvgIpc) is 2.26. The summed E-state index contributed by atoms with van der Waals surface area (Å²) in [6.07, 6.45) is 4.03. The molecule has 1 rings (SSSR count). The second kappa shape index (κ2) is 5.95. The van der Waals surface area contributed by atoms with Gasteiger partial charge in [0.1, 0.15) is 0 Å². The van der Waals surface area contributed by atoms with Crippen molar-refractivity contribution >= 4 is 11.8 Å². The van der Waals surface area contributed by atoms with Crippen LogP contribution in [0.2, 0.25) is 0 Å². The summed E-state index contributed by atoms with van der Waals surface area (Å²) in [4.78, 5) is 1.39. The van der Waals surface area contributed by atoms with Crippen molar-refractivity contribution in [1.82, 2.24) is 0 Å². The summed E-state index contributed by atoms with van der Waals surface area (Å²) in [6, 6.07) is 4.74. The molecule has 95 valence electrons. The second-order valence-electron chi connectivity index (χ2n) is 5.64. The van der Waals surface area contributed by atoms with Crippen LogP contribution in [0.25, 0.3) is 0 Å². The molecule has 17 heavy (non-hydrogen) atoms. The molecule has 1 heteroatoms. The Bertz CT molecular complexity index is 346. The van der Waals surface area contributed by atoms with Crippen molar-refractivity contribution in [2.45, 2.75) is 64.2 Å². The summed E-state index contributed by atoms with van der Waals surface area (Å²) in [5.41, 5.74) is 4.37. The van der Waals surface area contributed by atoms with Crippen molar-refractivity contribution in [3.8, 4) is 0 Å². The normalized spacial score (nSPS) is 11.9. The average molecular weight is 249 g/mol. The summed E-state index contributed by atoms with van der Waals surface area (Å²) in [5, 5.41) is 0. The van der Waals surface area contributed by atoms with Crippen LogP contribution in [0.5, 0.6) is 0 Å². The van der Waals surface area contributed by atoms with Gasteiger partial charge in [-0.2, -0.15) is 0 Å². The van der Waals surface area contributed by atoms with E-state index < -0.39 is 0 Å². The van der Waals surface area contributed by atoms with Gasteiger partial charge in [-0.15, -0.1) is 11.8 Å². The lowest BCUT2D eigenvalue weighted by Crippen LogP contribution is -2.02. The van der Waals surface area contributed by atoms with E-state index in [1.807, 2.05) is 0 Å². The third-order valence-electron chi connectivity index (χ3n) is 3.22. The highest BCUT2D eigenvalue weighted by atomic mass is 32.2. The van der Waals surface area contributed by atoms with E-state index >= 15 is 0 Å². The Labute approximate surface area is 111 Å². The molecule has 0 fully saturated rings. The molecule has 1 aromatic carbocycles. The number of hydrogen-bond donors (Lipinski definition) is 0. The van der Waals surface area contributed by atoms with Crippen molar-refractivity contribution in [3.05, 3.63) is 35.1 Å². The third-order valence-corrected chi connectivity index (χ3v) is 3.98. The fourth-order valence-electron chi connectivity index (χ4n) is 2.06. The Morgan fingerprint density at radius 3 is 1.47 bits per heavy atom. The van der Waals surface area contributed by atoms with Crippen LogP contribution in [-0.2, 0) is 0 Å². The smallest absolute Gasteiger partial charge is 0.0142 e. The molecule has 0 spiro atoms. The van der Waals surface area contributed by atoms with Gasteiger partial charge >= 0.3 is 0 Å². The summed E-state index contributed by atoms with van der Waals surface area (Å²) in [6.45, 7) is 13.6. The maximum Gasteiger partial charge on any atom is 0.0142 e. The predicted molar refractivity (Wildman–Crippen MR) is 79.9 cm³/mol. The monoisotopic (exact) mass is 249 g/mol. The van der Waals surface area contributed by atoms with Crippen LogP contribution in [0.1, 0.15) is 76.0 Å². The van der Waals surface area contributed by atoms with Crippen molar-refractivity contribution in [3.63, 3.8) is 0 Å². The molecular weight excluding hydrogens is 224 g/mol.